The Morgan fingerprint density at radius 3 is 2.16 bits per heavy atom. The van der Waals surface area contributed by atoms with E-state index < -0.39 is 23.3 Å². The maximum atomic E-state index is 11.6. The highest BCUT2D eigenvalue weighted by molar-refractivity contribution is 5.96. The predicted octanol–water partition coefficient (Wildman–Crippen LogP) is 1.75. The summed E-state index contributed by atoms with van der Waals surface area (Å²) in [5, 5.41) is 13.7. The van der Waals surface area contributed by atoms with Gasteiger partial charge in [-0.3, -0.25) is 14.9 Å². The van der Waals surface area contributed by atoms with Crippen molar-refractivity contribution in [3.63, 3.8) is 0 Å². The number of rotatable bonds is 6. The highest BCUT2D eigenvalue weighted by Gasteiger charge is 2.30. The number of hydrogen-bond acceptors (Lipinski definition) is 3. The molecule has 0 bridgehead atoms. The first-order valence-electron chi connectivity index (χ1n) is 6.44. The third-order valence-electron chi connectivity index (χ3n) is 3.29. The van der Waals surface area contributed by atoms with Crippen molar-refractivity contribution in [1.29, 1.82) is 0 Å². The normalized spacial score (nSPS) is 14.4. The van der Waals surface area contributed by atoms with Crippen molar-refractivity contribution in [3.8, 4) is 0 Å². The summed E-state index contributed by atoms with van der Waals surface area (Å²) in [6.07, 6.45) is 0.676. The van der Waals surface area contributed by atoms with Gasteiger partial charge in [0, 0.05) is 12.5 Å². The molecule has 0 saturated carbocycles. The summed E-state index contributed by atoms with van der Waals surface area (Å²) < 4.78 is 0. The first-order chi connectivity index (χ1) is 8.60. The molecule has 0 aliphatic carbocycles. The van der Waals surface area contributed by atoms with Crippen LogP contribution in [-0.2, 0) is 9.59 Å². The number of carbonyl (C=O) groups excluding carboxylic acids is 2. The molecular formula is C13H24N2O4. The van der Waals surface area contributed by atoms with Gasteiger partial charge in [-0.25, -0.2) is 4.79 Å². The quantitative estimate of drug-likeness (QED) is 0.686. The molecule has 0 aliphatic rings. The molecule has 110 valence electrons. The molecule has 0 aromatic carbocycles. The average Bonchev–Trinajstić information content (AvgIpc) is 2.26. The van der Waals surface area contributed by atoms with Gasteiger partial charge in [0.15, 0.2) is 0 Å². The molecule has 2 unspecified atom stereocenters. The number of imide groups is 1. The van der Waals surface area contributed by atoms with Crippen LogP contribution in [0.1, 0.15) is 47.5 Å². The minimum Gasteiger partial charge on any atom is -0.481 e. The molecule has 19 heavy (non-hydrogen) atoms. The number of carboxylic acid groups (broad SMARTS) is 1. The molecule has 6 heteroatoms. The van der Waals surface area contributed by atoms with Crippen molar-refractivity contribution in [3.05, 3.63) is 0 Å². The fraction of sp³-hybridized carbons (Fsp3) is 0.769. The molecule has 0 fully saturated rings. The Bertz CT molecular complexity index is 353. The molecule has 3 N–H and O–H groups in total. The van der Waals surface area contributed by atoms with Crippen LogP contribution in [0.4, 0.5) is 4.79 Å². The topological polar surface area (TPSA) is 95.5 Å². The zero-order chi connectivity index (χ0) is 15.2. The number of amides is 3. The molecule has 0 aromatic heterocycles. The van der Waals surface area contributed by atoms with E-state index in [4.69, 9.17) is 5.11 Å². The second-order valence-electron chi connectivity index (χ2n) is 5.56. The van der Waals surface area contributed by atoms with E-state index in [1.807, 2.05) is 20.8 Å². The van der Waals surface area contributed by atoms with Crippen molar-refractivity contribution in [2.24, 2.45) is 11.3 Å². The van der Waals surface area contributed by atoms with E-state index in [2.05, 4.69) is 10.6 Å². The van der Waals surface area contributed by atoms with E-state index in [0.29, 0.717) is 5.92 Å². The van der Waals surface area contributed by atoms with Gasteiger partial charge in [0.2, 0.25) is 5.91 Å². The van der Waals surface area contributed by atoms with Crippen LogP contribution in [0.2, 0.25) is 0 Å². The predicted molar refractivity (Wildman–Crippen MR) is 71.6 cm³/mol. The number of hydrogen-bond donors (Lipinski definition) is 3. The highest BCUT2D eigenvalue weighted by Crippen LogP contribution is 2.19. The SMILES string of the molecule is CCC(C)C(C)NC(=O)NC(=O)CC(C)(C)C(=O)O. The van der Waals surface area contributed by atoms with Crippen molar-refractivity contribution < 1.29 is 19.5 Å². The van der Waals surface area contributed by atoms with E-state index in [0.717, 1.165) is 6.42 Å². The maximum Gasteiger partial charge on any atom is 0.321 e. The summed E-state index contributed by atoms with van der Waals surface area (Å²) in [7, 11) is 0. The van der Waals surface area contributed by atoms with E-state index >= 15 is 0 Å². The Morgan fingerprint density at radius 1 is 1.21 bits per heavy atom. The van der Waals surface area contributed by atoms with Crippen molar-refractivity contribution in [2.75, 3.05) is 0 Å². The highest BCUT2D eigenvalue weighted by atomic mass is 16.4. The Labute approximate surface area is 113 Å². The van der Waals surface area contributed by atoms with Gasteiger partial charge in [0.25, 0.3) is 0 Å². The average molecular weight is 272 g/mol. The molecule has 2 atom stereocenters. The molecule has 6 nitrogen and oxygen atoms in total. The second kappa shape index (κ2) is 7.11. The Morgan fingerprint density at radius 2 is 1.74 bits per heavy atom. The van der Waals surface area contributed by atoms with E-state index in [1.54, 1.807) is 0 Å². The summed E-state index contributed by atoms with van der Waals surface area (Å²) in [5.41, 5.74) is -1.19. The standard InChI is InChI=1S/C13H24N2O4/c1-6-8(2)9(3)14-12(19)15-10(16)7-13(4,5)11(17)18/h8-9H,6-7H2,1-5H3,(H,17,18)(H2,14,15,16,19). The van der Waals surface area contributed by atoms with Crippen LogP contribution in [0, 0.1) is 11.3 Å². The van der Waals surface area contributed by atoms with Crippen LogP contribution >= 0.6 is 0 Å². The molecule has 3 amide bonds. The van der Waals surface area contributed by atoms with E-state index in [-0.39, 0.29) is 12.5 Å². The number of urea groups is 1. The first kappa shape index (κ1) is 17.4. The van der Waals surface area contributed by atoms with Crippen LogP contribution < -0.4 is 10.6 Å². The van der Waals surface area contributed by atoms with Crippen LogP contribution in [0.5, 0.6) is 0 Å². The minimum atomic E-state index is -1.19. The zero-order valence-corrected chi connectivity index (χ0v) is 12.2. The smallest absolute Gasteiger partial charge is 0.321 e. The number of nitrogens with one attached hydrogen (secondary N) is 2. The number of carboxylic acids is 1. The number of carbonyl (C=O) groups is 3. The lowest BCUT2D eigenvalue weighted by Crippen LogP contribution is -2.46. The lowest BCUT2D eigenvalue weighted by Gasteiger charge is -2.21. The third-order valence-corrected chi connectivity index (χ3v) is 3.29. The van der Waals surface area contributed by atoms with Gasteiger partial charge < -0.3 is 10.4 Å². The first-order valence-corrected chi connectivity index (χ1v) is 6.44. The molecule has 0 aromatic rings. The zero-order valence-electron chi connectivity index (χ0n) is 12.2. The summed E-state index contributed by atoms with van der Waals surface area (Å²) in [5.74, 6) is -1.37. The largest absolute Gasteiger partial charge is 0.481 e. The van der Waals surface area contributed by atoms with Crippen molar-refractivity contribution in [2.45, 2.75) is 53.5 Å². The lowest BCUT2D eigenvalue weighted by atomic mass is 9.89. The third kappa shape index (κ3) is 6.22. The Balaban J connectivity index is 4.28. The fourth-order valence-electron chi connectivity index (χ4n) is 1.39. The number of aliphatic carboxylic acids is 1. The van der Waals surface area contributed by atoms with Crippen LogP contribution in [0.3, 0.4) is 0 Å². The van der Waals surface area contributed by atoms with Gasteiger partial charge in [0.05, 0.1) is 5.41 Å². The van der Waals surface area contributed by atoms with Crippen LogP contribution in [-0.4, -0.2) is 29.1 Å². The summed E-state index contributed by atoms with van der Waals surface area (Å²) in [6, 6.07) is -0.635. The molecule has 0 radical (unpaired) electrons. The van der Waals surface area contributed by atoms with Crippen molar-refractivity contribution >= 4 is 17.9 Å². The van der Waals surface area contributed by atoms with Gasteiger partial charge >= 0.3 is 12.0 Å². The monoisotopic (exact) mass is 272 g/mol. The molecule has 0 rings (SSSR count). The lowest BCUT2D eigenvalue weighted by molar-refractivity contribution is -0.149. The molecule has 0 aliphatic heterocycles. The molecule has 0 saturated heterocycles. The second-order valence-corrected chi connectivity index (χ2v) is 5.56. The van der Waals surface area contributed by atoms with Gasteiger partial charge in [-0.05, 0) is 26.7 Å². The Hall–Kier alpha value is -1.59. The van der Waals surface area contributed by atoms with Crippen molar-refractivity contribution in [1.82, 2.24) is 10.6 Å². The van der Waals surface area contributed by atoms with E-state index in [1.165, 1.54) is 13.8 Å². The van der Waals surface area contributed by atoms with Crippen LogP contribution in [0.15, 0.2) is 0 Å². The maximum absolute atomic E-state index is 11.6. The van der Waals surface area contributed by atoms with Gasteiger partial charge in [-0.2, -0.15) is 0 Å². The van der Waals surface area contributed by atoms with E-state index in [9.17, 15) is 14.4 Å². The summed E-state index contributed by atoms with van der Waals surface area (Å²) >= 11 is 0. The molecule has 0 heterocycles. The van der Waals surface area contributed by atoms with Gasteiger partial charge in [-0.15, -0.1) is 0 Å². The Kier molecular flexibility index (Phi) is 6.52. The van der Waals surface area contributed by atoms with Crippen LogP contribution in [0.25, 0.3) is 0 Å². The fourth-order valence-corrected chi connectivity index (χ4v) is 1.39. The van der Waals surface area contributed by atoms with Gasteiger partial charge in [-0.1, -0.05) is 20.3 Å². The summed E-state index contributed by atoms with van der Waals surface area (Å²) in [4.78, 5) is 34.0. The minimum absolute atomic E-state index is 0.0507. The molecule has 0 spiro atoms. The van der Waals surface area contributed by atoms with Gasteiger partial charge in [0.1, 0.15) is 0 Å². The summed E-state index contributed by atoms with van der Waals surface area (Å²) in [6.45, 7) is 8.75. The molecular weight excluding hydrogens is 248 g/mol.